The number of aliphatic carboxylic acids is 1. The van der Waals surface area contributed by atoms with Crippen molar-refractivity contribution in [3.63, 3.8) is 0 Å². The van der Waals surface area contributed by atoms with Gasteiger partial charge >= 0.3 is 5.97 Å². The third-order valence-electron chi connectivity index (χ3n) is 1.88. The van der Waals surface area contributed by atoms with Crippen molar-refractivity contribution in [3.8, 4) is 0 Å². The fraction of sp³-hybridized carbons (Fsp3) is 0.900. The molecule has 15 heavy (non-hydrogen) atoms. The molecule has 0 unspecified atom stereocenters. The van der Waals surface area contributed by atoms with Crippen molar-refractivity contribution in [2.45, 2.75) is 13.3 Å². The fourth-order valence-corrected chi connectivity index (χ4v) is 1.22. The van der Waals surface area contributed by atoms with Crippen LogP contribution in [-0.4, -0.2) is 62.5 Å². The highest BCUT2D eigenvalue weighted by Crippen LogP contribution is 1.91. The number of carbonyl (C=O) groups is 1. The number of carboxylic acids is 1. The van der Waals surface area contributed by atoms with Crippen molar-refractivity contribution in [1.29, 1.82) is 0 Å². The summed E-state index contributed by atoms with van der Waals surface area (Å²) in [6.45, 7) is 5.25. The molecule has 90 valence electrons. The summed E-state index contributed by atoms with van der Waals surface area (Å²) >= 11 is 0. The summed E-state index contributed by atoms with van der Waals surface area (Å²) in [6.07, 6.45) is 0.950. The quantitative estimate of drug-likeness (QED) is 0.540. The van der Waals surface area contributed by atoms with Gasteiger partial charge in [0.05, 0.1) is 26.4 Å². The maximum atomic E-state index is 10.5. The zero-order valence-corrected chi connectivity index (χ0v) is 9.57. The number of hydrogen-bond acceptors (Lipinski definition) is 4. The lowest BCUT2D eigenvalue weighted by molar-refractivity contribution is -0.138. The lowest BCUT2D eigenvalue weighted by Gasteiger charge is -2.18. The molecule has 0 aromatic heterocycles. The molecule has 0 amide bonds. The maximum Gasteiger partial charge on any atom is 0.317 e. The lowest BCUT2D eigenvalue weighted by atomic mass is 10.4. The van der Waals surface area contributed by atoms with Crippen LogP contribution in [0.5, 0.6) is 0 Å². The van der Waals surface area contributed by atoms with Crippen LogP contribution in [0.15, 0.2) is 0 Å². The summed E-state index contributed by atoms with van der Waals surface area (Å²) in [5.74, 6) is -0.791. The number of carboxylic acid groups (broad SMARTS) is 1. The van der Waals surface area contributed by atoms with Crippen LogP contribution in [0.3, 0.4) is 0 Å². The first-order valence-corrected chi connectivity index (χ1v) is 5.21. The molecule has 0 radical (unpaired) electrons. The van der Waals surface area contributed by atoms with Gasteiger partial charge in [-0.2, -0.15) is 0 Å². The first-order valence-electron chi connectivity index (χ1n) is 5.21. The van der Waals surface area contributed by atoms with Crippen LogP contribution in [0.1, 0.15) is 13.3 Å². The van der Waals surface area contributed by atoms with E-state index < -0.39 is 5.97 Å². The maximum absolute atomic E-state index is 10.5. The van der Waals surface area contributed by atoms with E-state index in [-0.39, 0.29) is 6.54 Å². The van der Waals surface area contributed by atoms with E-state index in [4.69, 9.17) is 14.6 Å². The second kappa shape index (κ2) is 9.89. The molecule has 0 aliphatic carbocycles. The van der Waals surface area contributed by atoms with Crippen LogP contribution in [0.25, 0.3) is 0 Å². The molecule has 0 aliphatic heterocycles. The molecule has 0 aromatic carbocycles. The third kappa shape index (κ3) is 9.65. The van der Waals surface area contributed by atoms with E-state index in [0.717, 1.165) is 13.0 Å². The van der Waals surface area contributed by atoms with Crippen molar-refractivity contribution in [2.75, 3.05) is 46.6 Å². The Kier molecular flexibility index (Phi) is 9.46. The molecule has 0 aliphatic rings. The van der Waals surface area contributed by atoms with Gasteiger partial charge in [-0.05, 0) is 13.0 Å². The molecule has 0 bridgehead atoms. The Hall–Kier alpha value is -0.650. The summed E-state index contributed by atoms with van der Waals surface area (Å²) in [5.41, 5.74) is 0. The smallest absolute Gasteiger partial charge is 0.317 e. The van der Waals surface area contributed by atoms with Gasteiger partial charge in [0.15, 0.2) is 0 Å². The van der Waals surface area contributed by atoms with E-state index in [1.807, 2.05) is 11.8 Å². The van der Waals surface area contributed by atoms with Gasteiger partial charge in [0.2, 0.25) is 0 Å². The van der Waals surface area contributed by atoms with Gasteiger partial charge in [0.25, 0.3) is 0 Å². The third-order valence-corrected chi connectivity index (χ3v) is 1.88. The standard InChI is InChI=1S/C10H21NO4/c1-3-4-11(9-10(12)13)5-6-15-8-7-14-2/h3-9H2,1-2H3,(H,12,13). The summed E-state index contributed by atoms with van der Waals surface area (Å²) in [6, 6.07) is 0. The predicted molar refractivity (Wildman–Crippen MR) is 57.1 cm³/mol. The van der Waals surface area contributed by atoms with Crippen molar-refractivity contribution >= 4 is 5.97 Å². The van der Waals surface area contributed by atoms with Gasteiger partial charge in [-0.15, -0.1) is 0 Å². The monoisotopic (exact) mass is 219 g/mol. The number of methoxy groups -OCH3 is 1. The highest BCUT2D eigenvalue weighted by molar-refractivity contribution is 5.69. The fourth-order valence-electron chi connectivity index (χ4n) is 1.22. The van der Waals surface area contributed by atoms with E-state index >= 15 is 0 Å². The molecular formula is C10H21NO4. The van der Waals surface area contributed by atoms with Crippen LogP contribution in [-0.2, 0) is 14.3 Å². The SMILES string of the molecule is CCCN(CCOCCOC)CC(=O)O. The van der Waals surface area contributed by atoms with Crippen molar-refractivity contribution in [2.24, 2.45) is 0 Å². The van der Waals surface area contributed by atoms with Gasteiger partial charge < -0.3 is 14.6 Å². The number of nitrogens with zero attached hydrogens (tertiary/aromatic N) is 1. The van der Waals surface area contributed by atoms with Gasteiger partial charge in [0.1, 0.15) is 0 Å². The molecule has 0 saturated heterocycles. The zero-order valence-electron chi connectivity index (χ0n) is 9.57. The summed E-state index contributed by atoms with van der Waals surface area (Å²) in [5, 5.41) is 8.65. The molecule has 0 heterocycles. The Morgan fingerprint density at radius 3 is 2.53 bits per heavy atom. The van der Waals surface area contributed by atoms with E-state index in [1.165, 1.54) is 0 Å². The summed E-state index contributed by atoms with van der Waals surface area (Å²) in [7, 11) is 1.62. The minimum atomic E-state index is -0.791. The van der Waals surface area contributed by atoms with Crippen LogP contribution in [0, 0.1) is 0 Å². The number of hydrogen-bond donors (Lipinski definition) is 1. The lowest BCUT2D eigenvalue weighted by Crippen LogP contribution is -2.33. The van der Waals surface area contributed by atoms with Gasteiger partial charge in [-0.3, -0.25) is 9.69 Å². The molecule has 5 nitrogen and oxygen atoms in total. The van der Waals surface area contributed by atoms with Gasteiger partial charge in [-0.1, -0.05) is 6.92 Å². The Bertz CT molecular complexity index is 164. The molecule has 0 aromatic rings. The second-order valence-electron chi connectivity index (χ2n) is 3.28. The van der Waals surface area contributed by atoms with Crippen LogP contribution >= 0.6 is 0 Å². The predicted octanol–water partition coefficient (Wildman–Crippen LogP) is 0.446. The van der Waals surface area contributed by atoms with E-state index in [9.17, 15) is 4.79 Å². The van der Waals surface area contributed by atoms with Crippen LogP contribution < -0.4 is 0 Å². The number of ether oxygens (including phenoxy) is 2. The topological polar surface area (TPSA) is 59.0 Å². The Labute approximate surface area is 91.0 Å². The normalized spacial score (nSPS) is 10.9. The Morgan fingerprint density at radius 2 is 2.00 bits per heavy atom. The average Bonchev–Trinajstić information content (AvgIpc) is 2.17. The Morgan fingerprint density at radius 1 is 1.27 bits per heavy atom. The minimum absolute atomic E-state index is 0.0848. The molecule has 0 spiro atoms. The van der Waals surface area contributed by atoms with Crippen molar-refractivity contribution in [1.82, 2.24) is 4.90 Å². The first-order chi connectivity index (χ1) is 7.20. The van der Waals surface area contributed by atoms with Crippen LogP contribution in [0.4, 0.5) is 0 Å². The second-order valence-corrected chi connectivity index (χ2v) is 3.28. The van der Waals surface area contributed by atoms with Gasteiger partial charge in [0, 0.05) is 13.7 Å². The minimum Gasteiger partial charge on any atom is -0.480 e. The molecular weight excluding hydrogens is 198 g/mol. The van der Waals surface area contributed by atoms with E-state index in [2.05, 4.69) is 0 Å². The Balaban J connectivity index is 3.52. The van der Waals surface area contributed by atoms with E-state index in [1.54, 1.807) is 7.11 Å². The summed E-state index contributed by atoms with van der Waals surface area (Å²) in [4.78, 5) is 12.4. The average molecular weight is 219 g/mol. The zero-order chi connectivity index (χ0) is 11.5. The molecule has 5 heteroatoms. The number of rotatable bonds is 10. The molecule has 1 N–H and O–H groups in total. The summed E-state index contributed by atoms with van der Waals surface area (Å²) < 4.78 is 10.1. The molecule has 0 fully saturated rings. The largest absolute Gasteiger partial charge is 0.480 e. The highest BCUT2D eigenvalue weighted by Gasteiger charge is 2.07. The van der Waals surface area contributed by atoms with Gasteiger partial charge in [-0.25, -0.2) is 0 Å². The molecule has 0 saturated carbocycles. The first kappa shape index (κ1) is 14.3. The highest BCUT2D eigenvalue weighted by atomic mass is 16.5. The molecule has 0 rings (SSSR count). The van der Waals surface area contributed by atoms with E-state index in [0.29, 0.717) is 26.4 Å². The van der Waals surface area contributed by atoms with Crippen molar-refractivity contribution < 1.29 is 19.4 Å². The van der Waals surface area contributed by atoms with Crippen LogP contribution in [0.2, 0.25) is 0 Å². The van der Waals surface area contributed by atoms with Crippen molar-refractivity contribution in [3.05, 3.63) is 0 Å². The molecule has 0 atom stereocenters.